The van der Waals surface area contributed by atoms with E-state index in [4.69, 9.17) is 4.74 Å². The fraction of sp³-hybridized carbons (Fsp3) is 0.333. The minimum Gasteiger partial charge on any atom is -0.487 e. The van der Waals surface area contributed by atoms with Crippen LogP contribution in [0.25, 0.3) is 0 Å². The Morgan fingerprint density at radius 1 is 1.32 bits per heavy atom. The molecular formula is C15H17N3O. The first-order valence-electron chi connectivity index (χ1n) is 6.48. The van der Waals surface area contributed by atoms with Crippen molar-refractivity contribution in [1.82, 2.24) is 9.97 Å². The van der Waals surface area contributed by atoms with Crippen LogP contribution in [0.5, 0.6) is 5.75 Å². The molecule has 0 saturated heterocycles. The lowest BCUT2D eigenvalue weighted by atomic mass is 10.1. The highest BCUT2D eigenvalue weighted by Crippen LogP contribution is 2.34. The van der Waals surface area contributed by atoms with E-state index in [-0.39, 0.29) is 6.10 Å². The molecule has 1 aliphatic rings. The van der Waals surface area contributed by atoms with E-state index in [1.54, 1.807) is 6.33 Å². The Morgan fingerprint density at radius 2 is 2.11 bits per heavy atom. The molecule has 1 aromatic heterocycles. The van der Waals surface area contributed by atoms with Crippen LogP contribution in [0.15, 0.2) is 36.9 Å². The summed E-state index contributed by atoms with van der Waals surface area (Å²) >= 11 is 0. The topological polar surface area (TPSA) is 38.2 Å². The molecule has 0 radical (unpaired) electrons. The van der Waals surface area contributed by atoms with E-state index < -0.39 is 0 Å². The highest BCUT2D eigenvalue weighted by atomic mass is 16.5. The van der Waals surface area contributed by atoms with Crippen LogP contribution >= 0.6 is 0 Å². The Bertz CT molecular complexity index is 571. The van der Waals surface area contributed by atoms with Crippen molar-refractivity contribution in [2.24, 2.45) is 0 Å². The number of fused-ring (bicyclic) bond motifs is 1. The molecule has 0 spiro atoms. The van der Waals surface area contributed by atoms with Crippen molar-refractivity contribution in [2.75, 3.05) is 11.4 Å². The quantitative estimate of drug-likeness (QED) is 0.826. The van der Waals surface area contributed by atoms with E-state index in [0.717, 1.165) is 30.1 Å². The highest BCUT2D eigenvalue weighted by Gasteiger charge is 2.22. The third kappa shape index (κ3) is 2.52. The Kier molecular flexibility index (Phi) is 3.07. The van der Waals surface area contributed by atoms with Gasteiger partial charge in [-0.05, 0) is 31.5 Å². The number of nitrogens with zero attached hydrogens (tertiary/aromatic N) is 3. The molecular weight excluding hydrogens is 238 g/mol. The van der Waals surface area contributed by atoms with Crippen molar-refractivity contribution in [3.63, 3.8) is 0 Å². The lowest BCUT2D eigenvalue weighted by Gasteiger charge is -2.35. The molecule has 0 fully saturated rings. The number of rotatable bonds is 2. The van der Waals surface area contributed by atoms with Crippen LogP contribution in [0.2, 0.25) is 0 Å². The molecule has 1 atom stereocenters. The molecule has 0 aliphatic carbocycles. The second kappa shape index (κ2) is 4.88. The molecule has 2 heterocycles. The average molecular weight is 255 g/mol. The van der Waals surface area contributed by atoms with Crippen molar-refractivity contribution < 1.29 is 4.74 Å². The average Bonchev–Trinajstić information content (AvgIpc) is 2.39. The van der Waals surface area contributed by atoms with Crippen molar-refractivity contribution in [3.05, 3.63) is 48.0 Å². The summed E-state index contributed by atoms with van der Waals surface area (Å²) in [7, 11) is 0. The number of benzene rings is 1. The minimum absolute atomic E-state index is 0.193. The van der Waals surface area contributed by atoms with Gasteiger partial charge < -0.3 is 9.64 Å². The van der Waals surface area contributed by atoms with Gasteiger partial charge in [-0.15, -0.1) is 0 Å². The fourth-order valence-electron chi connectivity index (χ4n) is 2.42. The molecule has 4 nitrogen and oxygen atoms in total. The molecule has 1 aliphatic heterocycles. The summed E-state index contributed by atoms with van der Waals surface area (Å²) < 4.78 is 5.91. The van der Waals surface area contributed by atoms with Gasteiger partial charge in [0.25, 0.3) is 0 Å². The van der Waals surface area contributed by atoms with Crippen molar-refractivity contribution in [1.29, 1.82) is 0 Å². The van der Waals surface area contributed by atoms with Crippen LogP contribution in [0, 0.1) is 6.92 Å². The summed E-state index contributed by atoms with van der Waals surface area (Å²) in [5.74, 6) is 0.968. The standard InChI is InChI=1S/C15H17N3O/c1-11-3-4-14-15(5-11)19-12(2)8-18(14)9-13-6-16-10-17-7-13/h3-7,10,12H,8-9H2,1-2H3. The summed E-state index contributed by atoms with van der Waals surface area (Å²) in [5.41, 5.74) is 3.48. The molecule has 4 heteroatoms. The van der Waals surface area contributed by atoms with Crippen LogP contribution in [0.4, 0.5) is 5.69 Å². The summed E-state index contributed by atoms with van der Waals surface area (Å²) in [5, 5.41) is 0. The van der Waals surface area contributed by atoms with Crippen LogP contribution in [-0.2, 0) is 6.54 Å². The zero-order valence-corrected chi connectivity index (χ0v) is 11.2. The van der Waals surface area contributed by atoms with E-state index >= 15 is 0 Å². The second-order valence-corrected chi connectivity index (χ2v) is 5.03. The van der Waals surface area contributed by atoms with Gasteiger partial charge in [-0.25, -0.2) is 9.97 Å². The monoisotopic (exact) mass is 255 g/mol. The summed E-state index contributed by atoms with van der Waals surface area (Å²) in [6.45, 7) is 5.87. The van der Waals surface area contributed by atoms with Crippen LogP contribution in [0.3, 0.4) is 0 Å². The van der Waals surface area contributed by atoms with E-state index in [9.17, 15) is 0 Å². The van der Waals surface area contributed by atoms with Gasteiger partial charge in [0.15, 0.2) is 0 Å². The number of ether oxygens (including phenoxy) is 1. The van der Waals surface area contributed by atoms with Gasteiger partial charge in [0.1, 0.15) is 18.2 Å². The maximum absolute atomic E-state index is 5.91. The van der Waals surface area contributed by atoms with Crippen LogP contribution < -0.4 is 9.64 Å². The molecule has 1 aromatic carbocycles. The highest BCUT2D eigenvalue weighted by molar-refractivity contribution is 5.61. The summed E-state index contributed by atoms with van der Waals surface area (Å²) in [6.07, 6.45) is 5.48. The van der Waals surface area contributed by atoms with Gasteiger partial charge in [0.2, 0.25) is 0 Å². The summed E-state index contributed by atoms with van der Waals surface area (Å²) in [6, 6.07) is 6.34. The largest absolute Gasteiger partial charge is 0.487 e. The molecule has 3 rings (SSSR count). The maximum atomic E-state index is 5.91. The minimum atomic E-state index is 0.193. The lowest BCUT2D eigenvalue weighted by Crippen LogP contribution is -2.38. The molecule has 2 aromatic rings. The fourth-order valence-corrected chi connectivity index (χ4v) is 2.42. The molecule has 0 bridgehead atoms. The predicted octanol–water partition coefficient (Wildman–Crippen LogP) is 2.57. The van der Waals surface area contributed by atoms with E-state index in [2.05, 4.69) is 46.9 Å². The van der Waals surface area contributed by atoms with Crippen molar-refractivity contribution in [3.8, 4) is 5.75 Å². The van der Waals surface area contributed by atoms with E-state index in [1.165, 1.54) is 5.56 Å². The molecule has 1 unspecified atom stereocenters. The number of hydrogen-bond donors (Lipinski definition) is 0. The molecule has 0 N–H and O–H groups in total. The second-order valence-electron chi connectivity index (χ2n) is 5.03. The van der Waals surface area contributed by atoms with Gasteiger partial charge in [0.05, 0.1) is 12.2 Å². The Hall–Kier alpha value is -2.10. The number of hydrogen-bond acceptors (Lipinski definition) is 4. The Morgan fingerprint density at radius 3 is 2.89 bits per heavy atom. The summed E-state index contributed by atoms with van der Waals surface area (Å²) in [4.78, 5) is 10.5. The van der Waals surface area contributed by atoms with Crippen molar-refractivity contribution >= 4 is 5.69 Å². The van der Waals surface area contributed by atoms with Gasteiger partial charge >= 0.3 is 0 Å². The van der Waals surface area contributed by atoms with E-state index in [0.29, 0.717) is 0 Å². The zero-order valence-electron chi connectivity index (χ0n) is 11.2. The molecule has 0 saturated carbocycles. The SMILES string of the molecule is Cc1ccc2c(c1)OC(C)CN2Cc1cncnc1. The first kappa shape index (κ1) is 12.0. The normalized spacial score (nSPS) is 17.8. The smallest absolute Gasteiger partial charge is 0.143 e. The number of aromatic nitrogens is 2. The number of aryl methyl sites for hydroxylation is 1. The zero-order chi connectivity index (χ0) is 13.2. The van der Waals surface area contributed by atoms with Gasteiger partial charge in [-0.3, -0.25) is 0 Å². The molecule has 19 heavy (non-hydrogen) atoms. The molecule has 0 amide bonds. The van der Waals surface area contributed by atoms with Gasteiger partial charge in [-0.1, -0.05) is 6.07 Å². The van der Waals surface area contributed by atoms with Crippen LogP contribution in [0.1, 0.15) is 18.1 Å². The van der Waals surface area contributed by atoms with Gasteiger partial charge in [-0.2, -0.15) is 0 Å². The predicted molar refractivity (Wildman–Crippen MR) is 74.4 cm³/mol. The molecule has 98 valence electrons. The van der Waals surface area contributed by atoms with E-state index in [1.807, 2.05) is 12.4 Å². The maximum Gasteiger partial charge on any atom is 0.143 e. The lowest BCUT2D eigenvalue weighted by molar-refractivity contribution is 0.212. The third-order valence-electron chi connectivity index (χ3n) is 3.25. The van der Waals surface area contributed by atoms with Gasteiger partial charge in [0, 0.05) is 24.5 Å². The Labute approximate surface area is 113 Å². The first-order chi connectivity index (χ1) is 9.22. The first-order valence-corrected chi connectivity index (χ1v) is 6.48. The van der Waals surface area contributed by atoms with Crippen LogP contribution in [-0.4, -0.2) is 22.6 Å². The van der Waals surface area contributed by atoms with Crippen molar-refractivity contribution in [2.45, 2.75) is 26.5 Å². The Balaban J connectivity index is 1.91. The third-order valence-corrected chi connectivity index (χ3v) is 3.25. The number of anilines is 1.